The predicted octanol–water partition coefficient (Wildman–Crippen LogP) is 5.38. The molecule has 1 nitrogen and oxygen atoms in total. The van der Waals surface area contributed by atoms with Crippen LogP contribution in [0.2, 0.25) is 0 Å². The lowest BCUT2D eigenvalue weighted by atomic mass is 10.1. The van der Waals surface area contributed by atoms with Gasteiger partial charge in [0.25, 0.3) is 0 Å². The van der Waals surface area contributed by atoms with Crippen molar-refractivity contribution in [2.75, 3.05) is 0 Å². The molecule has 0 spiro atoms. The number of hydrogen-bond donors (Lipinski definition) is 1. The minimum absolute atomic E-state index is 0.0980. The molecule has 1 unspecified atom stereocenters. The van der Waals surface area contributed by atoms with Crippen LogP contribution in [0.25, 0.3) is 0 Å². The summed E-state index contributed by atoms with van der Waals surface area (Å²) in [7, 11) is 0. The number of hydrogen-bond acceptors (Lipinski definition) is 2. The molecule has 0 saturated carbocycles. The Labute approximate surface area is 128 Å². The molecule has 1 aromatic heterocycles. The first-order chi connectivity index (χ1) is 9.36. The third-order valence-corrected chi connectivity index (χ3v) is 4.69. The third-order valence-electron chi connectivity index (χ3n) is 2.89. The molecule has 0 saturated heterocycles. The highest BCUT2D eigenvalue weighted by Gasteiger charge is 2.30. The third kappa shape index (κ3) is 4.07. The smallest absolute Gasteiger partial charge is 0.305 e. The van der Waals surface area contributed by atoms with Crippen LogP contribution in [0.4, 0.5) is 13.2 Å². The fourth-order valence-corrected chi connectivity index (χ4v) is 3.24. The minimum atomic E-state index is -4.29. The summed E-state index contributed by atoms with van der Waals surface area (Å²) in [5.74, 6) is 0. The van der Waals surface area contributed by atoms with E-state index in [1.165, 1.54) is 12.1 Å². The van der Waals surface area contributed by atoms with Crippen molar-refractivity contribution in [3.05, 3.63) is 56.2 Å². The second-order valence-electron chi connectivity index (χ2n) is 4.44. The molecular formula is C14H13BrF3NS. The average molecular weight is 364 g/mol. The van der Waals surface area contributed by atoms with E-state index in [-0.39, 0.29) is 6.04 Å². The van der Waals surface area contributed by atoms with Crippen molar-refractivity contribution < 1.29 is 13.2 Å². The molecule has 0 bridgehead atoms. The number of thiophene rings is 1. The predicted molar refractivity (Wildman–Crippen MR) is 78.7 cm³/mol. The van der Waals surface area contributed by atoms with E-state index < -0.39 is 11.7 Å². The molecule has 0 amide bonds. The lowest BCUT2D eigenvalue weighted by molar-refractivity contribution is -0.137. The molecule has 2 rings (SSSR count). The van der Waals surface area contributed by atoms with Crippen molar-refractivity contribution >= 4 is 27.3 Å². The van der Waals surface area contributed by atoms with Crippen molar-refractivity contribution in [1.82, 2.24) is 5.32 Å². The molecule has 0 aliphatic rings. The molecular weight excluding hydrogens is 351 g/mol. The van der Waals surface area contributed by atoms with E-state index in [9.17, 15) is 13.2 Å². The summed E-state index contributed by atoms with van der Waals surface area (Å²) in [5, 5.41) is 3.23. The molecule has 1 heterocycles. The molecule has 0 aliphatic heterocycles. The van der Waals surface area contributed by atoms with Gasteiger partial charge < -0.3 is 5.32 Å². The van der Waals surface area contributed by atoms with E-state index >= 15 is 0 Å². The Hall–Kier alpha value is -0.850. The Kier molecular flexibility index (Phi) is 4.88. The number of benzene rings is 1. The van der Waals surface area contributed by atoms with Crippen LogP contribution in [-0.2, 0) is 12.7 Å². The monoisotopic (exact) mass is 363 g/mol. The number of alkyl halides is 3. The number of rotatable bonds is 4. The second kappa shape index (κ2) is 6.28. The second-order valence-corrected chi connectivity index (χ2v) is 6.94. The van der Waals surface area contributed by atoms with E-state index in [1.54, 1.807) is 17.4 Å². The zero-order valence-corrected chi connectivity index (χ0v) is 13.1. The summed E-state index contributed by atoms with van der Waals surface area (Å²) in [6.07, 6.45) is -4.29. The van der Waals surface area contributed by atoms with Crippen LogP contribution < -0.4 is 5.32 Å². The highest BCUT2D eigenvalue weighted by Crippen LogP contribution is 2.30. The van der Waals surface area contributed by atoms with Gasteiger partial charge in [0.1, 0.15) is 0 Å². The lowest BCUT2D eigenvalue weighted by Gasteiger charge is -2.13. The standard InChI is InChI=1S/C14H13BrF3NS/c1-9(12-5-6-13(15)20-12)19-8-10-3-2-4-11(7-10)14(16,17)18/h2-7,9,19H,8H2,1H3. The average Bonchev–Trinajstić information content (AvgIpc) is 2.82. The van der Waals surface area contributed by atoms with Gasteiger partial charge in [0.05, 0.1) is 9.35 Å². The fourth-order valence-electron chi connectivity index (χ4n) is 1.79. The van der Waals surface area contributed by atoms with Crippen molar-refractivity contribution in [3.63, 3.8) is 0 Å². The molecule has 0 fully saturated rings. The van der Waals surface area contributed by atoms with Crippen molar-refractivity contribution in [2.24, 2.45) is 0 Å². The molecule has 20 heavy (non-hydrogen) atoms. The van der Waals surface area contributed by atoms with Gasteiger partial charge in [-0.2, -0.15) is 13.2 Å². The minimum Gasteiger partial charge on any atom is -0.305 e. The topological polar surface area (TPSA) is 12.0 Å². The SMILES string of the molecule is CC(NCc1cccc(C(F)(F)F)c1)c1ccc(Br)s1. The summed E-state index contributed by atoms with van der Waals surface area (Å²) >= 11 is 5.01. The van der Waals surface area contributed by atoms with Gasteiger partial charge in [0, 0.05) is 17.5 Å². The molecule has 1 atom stereocenters. The van der Waals surface area contributed by atoms with Crippen LogP contribution in [-0.4, -0.2) is 0 Å². The van der Waals surface area contributed by atoms with E-state index in [1.807, 2.05) is 19.1 Å². The van der Waals surface area contributed by atoms with Crippen molar-refractivity contribution in [1.29, 1.82) is 0 Å². The summed E-state index contributed by atoms with van der Waals surface area (Å²) in [6.45, 7) is 2.40. The van der Waals surface area contributed by atoms with Gasteiger partial charge in [-0.05, 0) is 46.6 Å². The van der Waals surface area contributed by atoms with Gasteiger partial charge in [-0.3, -0.25) is 0 Å². The molecule has 2 aromatic rings. The molecule has 1 N–H and O–H groups in total. The van der Waals surface area contributed by atoms with Crippen LogP contribution in [0.15, 0.2) is 40.2 Å². The first-order valence-corrected chi connectivity index (χ1v) is 7.62. The highest BCUT2D eigenvalue weighted by atomic mass is 79.9. The highest BCUT2D eigenvalue weighted by molar-refractivity contribution is 9.11. The molecule has 0 radical (unpaired) electrons. The van der Waals surface area contributed by atoms with Crippen LogP contribution in [0, 0.1) is 0 Å². The maximum Gasteiger partial charge on any atom is 0.416 e. The summed E-state index contributed by atoms with van der Waals surface area (Å²) in [4.78, 5) is 1.14. The van der Waals surface area contributed by atoms with Crippen LogP contribution in [0.3, 0.4) is 0 Å². The van der Waals surface area contributed by atoms with Gasteiger partial charge in [-0.1, -0.05) is 18.2 Å². The maximum absolute atomic E-state index is 12.6. The fraction of sp³-hybridized carbons (Fsp3) is 0.286. The number of halogens is 4. The van der Waals surface area contributed by atoms with E-state index in [4.69, 9.17) is 0 Å². The Morgan fingerprint density at radius 3 is 2.60 bits per heavy atom. The van der Waals surface area contributed by atoms with Gasteiger partial charge in [0.15, 0.2) is 0 Å². The van der Waals surface area contributed by atoms with Crippen LogP contribution >= 0.6 is 27.3 Å². The van der Waals surface area contributed by atoms with Gasteiger partial charge in [-0.15, -0.1) is 11.3 Å². The Morgan fingerprint density at radius 1 is 1.25 bits per heavy atom. The van der Waals surface area contributed by atoms with Crippen molar-refractivity contribution in [2.45, 2.75) is 25.7 Å². The van der Waals surface area contributed by atoms with E-state index in [2.05, 4.69) is 21.2 Å². The first-order valence-electron chi connectivity index (χ1n) is 6.01. The first kappa shape index (κ1) is 15.5. The quantitative estimate of drug-likeness (QED) is 0.768. The van der Waals surface area contributed by atoms with Gasteiger partial charge >= 0.3 is 6.18 Å². The zero-order valence-electron chi connectivity index (χ0n) is 10.7. The molecule has 108 valence electrons. The summed E-state index contributed by atoms with van der Waals surface area (Å²) in [5.41, 5.74) is 0.0191. The Morgan fingerprint density at radius 2 is 2.00 bits per heavy atom. The summed E-state index contributed by atoms with van der Waals surface area (Å²) in [6, 6.07) is 9.46. The van der Waals surface area contributed by atoms with Gasteiger partial charge in [0.2, 0.25) is 0 Å². The van der Waals surface area contributed by atoms with Crippen molar-refractivity contribution in [3.8, 4) is 0 Å². The summed E-state index contributed by atoms with van der Waals surface area (Å²) < 4.78 is 38.9. The molecule has 1 aromatic carbocycles. The number of nitrogens with one attached hydrogen (secondary N) is 1. The Balaban J connectivity index is 2.00. The van der Waals surface area contributed by atoms with Gasteiger partial charge in [-0.25, -0.2) is 0 Å². The Bertz CT molecular complexity index is 580. The molecule has 6 heteroatoms. The van der Waals surface area contributed by atoms with Crippen LogP contribution in [0.1, 0.15) is 29.0 Å². The zero-order chi connectivity index (χ0) is 14.8. The van der Waals surface area contributed by atoms with Crippen LogP contribution in [0.5, 0.6) is 0 Å². The normalized spacial score (nSPS) is 13.4. The van der Waals surface area contributed by atoms with E-state index in [0.29, 0.717) is 12.1 Å². The largest absolute Gasteiger partial charge is 0.416 e. The van der Waals surface area contributed by atoms with E-state index in [0.717, 1.165) is 14.7 Å². The molecule has 0 aliphatic carbocycles. The maximum atomic E-state index is 12.6. The lowest BCUT2D eigenvalue weighted by Crippen LogP contribution is -2.17.